The number of hydrogen-bond donors (Lipinski definition) is 1. The minimum absolute atomic E-state index is 0.00931. The fraction of sp³-hybridized carbons (Fsp3) is 0.158. The quantitative estimate of drug-likeness (QED) is 0.710. The van der Waals surface area contributed by atoms with Crippen LogP contribution in [0.5, 0.6) is 0 Å². The molecule has 1 aromatic heterocycles. The van der Waals surface area contributed by atoms with Gasteiger partial charge in [-0.3, -0.25) is 23.9 Å². The Kier molecular flexibility index (Phi) is 3.88. The summed E-state index contributed by atoms with van der Waals surface area (Å²) in [7, 11) is 1.57. The van der Waals surface area contributed by atoms with E-state index >= 15 is 0 Å². The molecule has 0 saturated carbocycles. The standard InChI is InChI=1S/C19H15N3O5/c1-21-14-10-11(6-7-15(14)27-19(21)26)20-16(23)8-9-22-17(24)12-4-2-3-5-13(12)18(22)25/h2-7,10H,8-9H2,1H3,(H,20,23). The van der Waals surface area contributed by atoms with Crippen LogP contribution in [0.25, 0.3) is 11.1 Å². The van der Waals surface area contributed by atoms with Crippen molar-refractivity contribution < 1.29 is 18.8 Å². The van der Waals surface area contributed by atoms with Crippen molar-refractivity contribution in [1.82, 2.24) is 9.47 Å². The molecule has 27 heavy (non-hydrogen) atoms. The number of aromatic nitrogens is 1. The molecule has 1 N–H and O–H groups in total. The van der Waals surface area contributed by atoms with Crippen molar-refractivity contribution in [2.45, 2.75) is 6.42 Å². The largest absolute Gasteiger partial charge is 0.419 e. The maximum absolute atomic E-state index is 12.3. The van der Waals surface area contributed by atoms with Crippen LogP contribution in [0.15, 0.2) is 51.7 Å². The number of oxazole rings is 1. The maximum atomic E-state index is 12.3. The number of carbonyl (C=O) groups is 3. The first-order valence-electron chi connectivity index (χ1n) is 8.30. The Morgan fingerprint density at radius 3 is 2.37 bits per heavy atom. The Morgan fingerprint density at radius 1 is 1.04 bits per heavy atom. The number of amides is 3. The van der Waals surface area contributed by atoms with Crippen molar-refractivity contribution in [3.63, 3.8) is 0 Å². The summed E-state index contributed by atoms with van der Waals surface area (Å²) < 4.78 is 6.38. The van der Waals surface area contributed by atoms with Gasteiger partial charge in [0.15, 0.2) is 5.58 Å². The molecule has 0 bridgehead atoms. The van der Waals surface area contributed by atoms with E-state index in [2.05, 4.69) is 5.32 Å². The molecule has 4 rings (SSSR count). The normalized spacial score (nSPS) is 13.3. The number of carbonyl (C=O) groups excluding carboxylic acids is 3. The Bertz CT molecular complexity index is 1120. The van der Waals surface area contributed by atoms with Crippen LogP contribution < -0.4 is 11.1 Å². The molecule has 0 fully saturated rings. The van der Waals surface area contributed by atoms with Crippen molar-refractivity contribution >= 4 is 34.5 Å². The van der Waals surface area contributed by atoms with Crippen LogP contribution >= 0.6 is 0 Å². The second kappa shape index (κ2) is 6.24. The summed E-state index contributed by atoms with van der Waals surface area (Å²) in [5, 5.41) is 2.70. The van der Waals surface area contributed by atoms with Crippen molar-refractivity contribution in [3.8, 4) is 0 Å². The fourth-order valence-corrected chi connectivity index (χ4v) is 3.08. The number of benzene rings is 2. The smallest absolute Gasteiger partial charge is 0.408 e. The van der Waals surface area contributed by atoms with Crippen LogP contribution in [0, 0.1) is 0 Å². The van der Waals surface area contributed by atoms with Gasteiger partial charge in [0, 0.05) is 25.7 Å². The van der Waals surface area contributed by atoms with Crippen molar-refractivity contribution in [2.24, 2.45) is 7.05 Å². The van der Waals surface area contributed by atoms with Gasteiger partial charge >= 0.3 is 5.76 Å². The average molecular weight is 365 g/mol. The number of hydrogen-bond acceptors (Lipinski definition) is 5. The van der Waals surface area contributed by atoms with Gasteiger partial charge in [0.25, 0.3) is 11.8 Å². The van der Waals surface area contributed by atoms with Gasteiger partial charge in [0.2, 0.25) is 5.91 Å². The lowest BCUT2D eigenvalue weighted by molar-refractivity contribution is -0.116. The molecule has 1 aliphatic rings. The highest BCUT2D eigenvalue weighted by atomic mass is 16.4. The molecular weight excluding hydrogens is 350 g/mol. The predicted octanol–water partition coefficient (Wildman–Crippen LogP) is 1.76. The molecule has 2 heterocycles. The summed E-state index contributed by atoms with van der Waals surface area (Å²) in [6.07, 6.45) is -0.0339. The first-order chi connectivity index (χ1) is 13.0. The third-order valence-corrected chi connectivity index (χ3v) is 4.52. The summed E-state index contributed by atoms with van der Waals surface area (Å²) in [6, 6.07) is 11.4. The van der Waals surface area contributed by atoms with Crippen molar-refractivity contribution in [2.75, 3.05) is 11.9 Å². The summed E-state index contributed by atoms with van der Waals surface area (Å²) in [6.45, 7) is -0.00931. The van der Waals surface area contributed by atoms with E-state index in [9.17, 15) is 19.2 Å². The molecule has 0 unspecified atom stereocenters. The monoisotopic (exact) mass is 365 g/mol. The lowest BCUT2D eigenvalue weighted by Crippen LogP contribution is -2.32. The summed E-state index contributed by atoms with van der Waals surface area (Å²) in [5.74, 6) is -1.62. The molecule has 1 aliphatic heterocycles. The molecular formula is C19H15N3O5. The Morgan fingerprint density at radius 2 is 1.70 bits per heavy atom. The van der Waals surface area contributed by atoms with E-state index in [0.717, 1.165) is 4.90 Å². The van der Waals surface area contributed by atoms with Gasteiger partial charge in [0.05, 0.1) is 16.6 Å². The topological polar surface area (TPSA) is 102 Å². The highest BCUT2D eigenvalue weighted by Crippen LogP contribution is 2.23. The van der Waals surface area contributed by atoms with E-state index in [1.807, 2.05) is 0 Å². The summed E-state index contributed by atoms with van der Waals surface area (Å²) >= 11 is 0. The third-order valence-electron chi connectivity index (χ3n) is 4.52. The minimum Gasteiger partial charge on any atom is -0.408 e. The minimum atomic E-state index is -0.487. The Balaban J connectivity index is 1.43. The van der Waals surface area contributed by atoms with Gasteiger partial charge in [-0.1, -0.05) is 12.1 Å². The molecule has 136 valence electrons. The summed E-state index contributed by atoms with van der Waals surface area (Å²) in [4.78, 5) is 49.4. The zero-order valence-electron chi connectivity index (χ0n) is 14.4. The number of anilines is 1. The molecule has 3 amide bonds. The highest BCUT2D eigenvalue weighted by Gasteiger charge is 2.34. The van der Waals surface area contributed by atoms with Gasteiger partial charge in [0.1, 0.15) is 0 Å². The van der Waals surface area contributed by atoms with E-state index in [1.54, 1.807) is 49.5 Å². The van der Waals surface area contributed by atoms with Crippen molar-refractivity contribution in [1.29, 1.82) is 0 Å². The highest BCUT2D eigenvalue weighted by molar-refractivity contribution is 6.21. The van der Waals surface area contributed by atoms with Crippen LogP contribution in [-0.2, 0) is 11.8 Å². The number of fused-ring (bicyclic) bond motifs is 2. The van der Waals surface area contributed by atoms with Gasteiger partial charge in [-0.05, 0) is 30.3 Å². The molecule has 8 heteroatoms. The van der Waals surface area contributed by atoms with Crippen molar-refractivity contribution in [3.05, 3.63) is 64.1 Å². The first-order valence-corrected chi connectivity index (χ1v) is 8.30. The molecule has 0 radical (unpaired) electrons. The van der Waals surface area contributed by atoms with E-state index in [0.29, 0.717) is 27.9 Å². The molecule has 0 saturated heterocycles. The predicted molar refractivity (Wildman–Crippen MR) is 96.5 cm³/mol. The van der Waals surface area contributed by atoms with Crippen LogP contribution in [0.2, 0.25) is 0 Å². The van der Waals surface area contributed by atoms with Crippen LogP contribution in [0.4, 0.5) is 5.69 Å². The summed E-state index contributed by atoms with van der Waals surface area (Å²) in [5.41, 5.74) is 2.18. The Labute approximate surface area is 153 Å². The van der Waals surface area contributed by atoms with Crippen LogP contribution in [0.3, 0.4) is 0 Å². The van der Waals surface area contributed by atoms with Gasteiger partial charge in [-0.2, -0.15) is 0 Å². The van der Waals surface area contributed by atoms with Gasteiger partial charge < -0.3 is 9.73 Å². The molecule has 0 aliphatic carbocycles. The zero-order chi connectivity index (χ0) is 19.1. The van der Waals surface area contributed by atoms with Crippen LogP contribution in [0.1, 0.15) is 27.1 Å². The number of rotatable bonds is 4. The van der Waals surface area contributed by atoms with Gasteiger partial charge in [-0.25, -0.2) is 4.79 Å². The van der Waals surface area contributed by atoms with E-state index in [-0.39, 0.29) is 18.9 Å². The number of nitrogens with zero attached hydrogens (tertiary/aromatic N) is 2. The SMILES string of the molecule is Cn1c(=O)oc2ccc(NC(=O)CCN3C(=O)c4ccccc4C3=O)cc21. The van der Waals surface area contributed by atoms with E-state index in [4.69, 9.17) is 4.42 Å². The number of aryl methyl sites for hydroxylation is 1. The lowest BCUT2D eigenvalue weighted by atomic mass is 10.1. The third kappa shape index (κ3) is 2.80. The van der Waals surface area contributed by atoms with E-state index < -0.39 is 17.6 Å². The molecule has 3 aromatic rings. The van der Waals surface area contributed by atoms with Crippen LogP contribution in [-0.4, -0.2) is 33.7 Å². The molecule has 2 aromatic carbocycles. The maximum Gasteiger partial charge on any atom is 0.419 e. The zero-order valence-corrected chi connectivity index (χ0v) is 14.4. The fourth-order valence-electron chi connectivity index (χ4n) is 3.08. The number of imide groups is 1. The van der Waals surface area contributed by atoms with E-state index in [1.165, 1.54) is 4.57 Å². The number of nitrogens with one attached hydrogen (secondary N) is 1. The average Bonchev–Trinajstić information content (AvgIpc) is 3.08. The Hall–Kier alpha value is -3.68. The molecule has 8 nitrogen and oxygen atoms in total. The molecule has 0 spiro atoms. The second-order valence-electron chi connectivity index (χ2n) is 6.22. The molecule has 0 atom stereocenters. The second-order valence-corrected chi connectivity index (χ2v) is 6.22. The lowest BCUT2D eigenvalue weighted by Gasteiger charge is -2.13. The first kappa shape index (κ1) is 16.8. The van der Waals surface area contributed by atoms with Gasteiger partial charge in [-0.15, -0.1) is 0 Å².